The van der Waals surface area contributed by atoms with Crippen molar-refractivity contribution in [2.45, 2.75) is 13.8 Å². The van der Waals surface area contributed by atoms with Gasteiger partial charge < -0.3 is 0 Å². The maximum atomic E-state index is 3.83. The van der Waals surface area contributed by atoms with Crippen LogP contribution in [0.2, 0.25) is 0 Å². The smallest absolute Gasteiger partial charge is 0.0112 e. The van der Waals surface area contributed by atoms with Gasteiger partial charge in [-0.15, -0.1) is 0 Å². The van der Waals surface area contributed by atoms with Crippen LogP contribution in [0.25, 0.3) is 28.0 Å². The predicted molar refractivity (Wildman–Crippen MR) is 136 cm³/mol. The van der Waals surface area contributed by atoms with Gasteiger partial charge in [0.2, 0.25) is 0 Å². The highest BCUT2D eigenvalue weighted by Crippen LogP contribution is 2.18. The van der Waals surface area contributed by atoms with Gasteiger partial charge in [-0.2, -0.15) is 0 Å². The molecule has 0 aliphatic rings. The molecule has 4 rings (SSSR count). The first-order chi connectivity index (χ1) is 14.5. The molecule has 0 heterocycles. The first-order valence-corrected chi connectivity index (χ1v) is 10.0. The zero-order valence-electron chi connectivity index (χ0n) is 18.0. The van der Waals surface area contributed by atoms with E-state index < -0.39 is 0 Å². The minimum atomic E-state index is 1.12. The van der Waals surface area contributed by atoms with Crippen LogP contribution in [0.1, 0.15) is 30.5 Å². The Morgan fingerprint density at radius 2 is 1.00 bits per heavy atom. The molecule has 0 spiro atoms. The maximum absolute atomic E-state index is 3.83. The molecule has 0 saturated carbocycles. The molecular formula is C30H30. The van der Waals surface area contributed by atoms with Gasteiger partial charge in [0.05, 0.1) is 0 Å². The SMILES string of the molecule is C=C(C)c1ccccc1.C=C(C)c1ccccc1.C=Cc1cccc2ccccc12. The van der Waals surface area contributed by atoms with Gasteiger partial charge in [-0.25, -0.2) is 0 Å². The number of allylic oxidation sites excluding steroid dienone is 2. The van der Waals surface area contributed by atoms with E-state index >= 15 is 0 Å². The fourth-order valence-corrected chi connectivity index (χ4v) is 2.87. The van der Waals surface area contributed by atoms with Crippen molar-refractivity contribution in [1.82, 2.24) is 0 Å². The number of fused-ring (bicyclic) bond motifs is 1. The van der Waals surface area contributed by atoms with Crippen molar-refractivity contribution in [3.8, 4) is 0 Å². The van der Waals surface area contributed by atoms with Gasteiger partial charge in [-0.1, -0.05) is 140 Å². The van der Waals surface area contributed by atoms with Crippen molar-refractivity contribution >= 4 is 28.0 Å². The Bertz CT molecular complexity index is 1030. The third-order valence-electron chi connectivity index (χ3n) is 4.58. The van der Waals surface area contributed by atoms with Crippen molar-refractivity contribution in [3.05, 3.63) is 140 Å². The zero-order valence-corrected chi connectivity index (χ0v) is 18.0. The second-order valence-electron chi connectivity index (χ2n) is 7.07. The number of hydrogen-bond acceptors (Lipinski definition) is 0. The average Bonchev–Trinajstić information content (AvgIpc) is 2.80. The number of rotatable bonds is 3. The lowest BCUT2D eigenvalue weighted by Crippen LogP contribution is -1.75. The molecule has 0 aromatic heterocycles. The molecule has 0 aliphatic heterocycles. The standard InChI is InChI=1S/C12H10.2C9H10/c1-2-10-7-5-8-11-6-3-4-9-12(10)11;2*1-8(2)9-6-4-3-5-7-9/h2-9H,1H2;2*3-7H,1H2,2H3. The van der Waals surface area contributed by atoms with Crippen LogP contribution in [-0.2, 0) is 0 Å². The van der Waals surface area contributed by atoms with Gasteiger partial charge in [0.1, 0.15) is 0 Å². The Labute approximate surface area is 181 Å². The van der Waals surface area contributed by atoms with Crippen LogP contribution in [0.3, 0.4) is 0 Å². The molecule has 0 nitrogen and oxygen atoms in total. The molecule has 150 valence electrons. The summed E-state index contributed by atoms with van der Waals surface area (Å²) in [5.74, 6) is 0. The first-order valence-electron chi connectivity index (χ1n) is 10.0. The normalized spacial score (nSPS) is 9.40. The van der Waals surface area contributed by atoms with Crippen LogP contribution in [0, 0.1) is 0 Å². The Morgan fingerprint density at radius 3 is 1.43 bits per heavy atom. The summed E-state index contributed by atoms with van der Waals surface area (Å²) in [7, 11) is 0. The van der Waals surface area contributed by atoms with E-state index in [1.54, 1.807) is 0 Å². The number of hydrogen-bond donors (Lipinski definition) is 0. The summed E-state index contributed by atoms with van der Waals surface area (Å²) in [4.78, 5) is 0. The zero-order chi connectivity index (χ0) is 21.8. The molecule has 0 fully saturated rings. The van der Waals surface area contributed by atoms with E-state index in [4.69, 9.17) is 0 Å². The molecule has 0 N–H and O–H groups in total. The molecule has 0 bridgehead atoms. The van der Waals surface area contributed by atoms with E-state index in [1.165, 1.54) is 27.5 Å². The first kappa shape index (κ1) is 22.6. The Hall–Kier alpha value is -3.64. The second-order valence-corrected chi connectivity index (χ2v) is 7.07. The summed E-state index contributed by atoms with van der Waals surface area (Å²) in [6.07, 6.45) is 1.89. The summed E-state index contributed by atoms with van der Waals surface area (Å²) in [5.41, 5.74) is 5.88. The van der Waals surface area contributed by atoms with Crippen LogP contribution >= 0.6 is 0 Å². The summed E-state index contributed by atoms with van der Waals surface area (Å²) in [6, 6.07) is 34.9. The summed E-state index contributed by atoms with van der Waals surface area (Å²) < 4.78 is 0. The highest BCUT2D eigenvalue weighted by Gasteiger charge is 1.94. The van der Waals surface area contributed by atoms with Crippen molar-refractivity contribution in [2.24, 2.45) is 0 Å². The van der Waals surface area contributed by atoms with Crippen molar-refractivity contribution < 1.29 is 0 Å². The fraction of sp³-hybridized carbons (Fsp3) is 0.0667. The summed E-state index contributed by atoms with van der Waals surface area (Å²) >= 11 is 0. The molecule has 4 aromatic rings. The van der Waals surface area contributed by atoms with Crippen molar-refractivity contribution in [3.63, 3.8) is 0 Å². The lowest BCUT2D eigenvalue weighted by molar-refractivity contribution is 1.58. The van der Waals surface area contributed by atoms with Crippen LogP contribution in [-0.4, -0.2) is 0 Å². The van der Waals surface area contributed by atoms with Gasteiger partial charge in [-0.05, 0) is 41.3 Å². The third-order valence-corrected chi connectivity index (χ3v) is 4.58. The van der Waals surface area contributed by atoms with Crippen LogP contribution in [0.15, 0.2) is 123 Å². The fourth-order valence-electron chi connectivity index (χ4n) is 2.87. The molecule has 4 aromatic carbocycles. The monoisotopic (exact) mass is 390 g/mol. The lowest BCUT2D eigenvalue weighted by Gasteiger charge is -1.99. The minimum Gasteiger partial charge on any atom is -0.0984 e. The summed E-state index contributed by atoms with van der Waals surface area (Å²) in [6.45, 7) is 15.5. The highest BCUT2D eigenvalue weighted by atomic mass is 14.0. The highest BCUT2D eigenvalue weighted by molar-refractivity contribution is 5.90. The summed E-state index contributed by atoms with van der Waals surface area (Å²) in [5, 5.41) is 2.55. The van der Waals surface area contributed by atoms with E-state index in [9.17, 15) is 0 Å². The van der Waals surface area contributed by atoms with Gasteiger partial charge in [0.25, 0.3) is 0 Å². The van der Waals surface area contributed by atoms with Gasteiger partial charge in [0.15, 0.2) is 0 Å². The van der Waals surface area contributed by atoms with Crippen molar-refractivity contribution in [1.29, 1.82) is 0 Å². The van der Waals surface area contributed by atoms with E-state index in [2.05, 4.69) is 86.5 Å². The lowest BCUT2D eigenvalue weighted by atomic mass is 10.1. The van der Waals surface area contributed by atoms with Crippen LogP contribution in [0.4, 0.5) is 0 Å². The van der Waals surface area contributed by atoms with E-state index in [0.717, 1.165) is 11.1 Å². The Morgan fingerprint density at radius 1 is 0.567 bits per heavy atom. The molecule has 0 amide bonds. The van der Waals surface area contributed by atoms with Crippen LogP contribution < -0.4 is 0 Å². The largest absolute Gasteiger partial charge is 0.0984 e. The molecule has 0 radical (unpaired) electrons. The molecule has 0 aliphatic carbocycles. The minimum absolute atomic E-state index is 1.12. The van der Waals surface area contributed by atoms with Crippen LogP contribution in [0.5, 0.6) is 0 Å². The Kier molecular flexibility index (Phi) is 9.09. The van der Waals surface area contributed by atoms with Gasteiger partial charge in [-0.3, -0.25) is 0 Å². The van der Waals surface area contributed by atoms with Gasteiger partial charge in [0, 0.05) is 0 Å². The van der Waals surface area contributed by atoms with E-state index in [-0.39, 0.29) is 0 Å². The average molecular weight is 391 g/mol. The third kappa shape index (κ3) is 7.07. The van der Waals surface area contributed by atoms with E-state index in [0.29, 0.717) is 0 Å². The van der Waals surface area contributed by atoms with Crippen molar-refractivity contribution in [2.75, 3.05) is 0 Å². The molecule has 30 heavy (non-hydrogen) atoms. The maximum Gasteiger partial charge on any atom is -0.0112 e. The number of benzene rings is 4. The topological polar surface area (TPSA) is 0 Å². The predicted octanol–water partition coefficient (Wildman–Crippen LogP) is 8.92. The molecule has 0 saturated heterocycles. The van der Waals surface area contributed by atoms with E-state index in [1.807, 2.05) is 56.3 Å². The Balaban J connectivity index is 0.000000163. The molecule has 0 atom stereocenters. The quantitative estimate of drug-likeness (QED) is 0.327. The second kappa shape index (κ2) is 12.0. The van der Waals surface area contributed by atoms with Gasteiger partial charge >= 0.3 is 0 Å². The molecule has 0 unspecified atom stereocenters. The molecular weight excluding hydrogens is 360 g/mol. The molecule has 0 heteroatoms.